The van der Waals surface area contributed by atoms with Crippen LogP contribution in [0.5, 0.6) is 0 Å². The number of hydrogen-bond acceptors (Lipinski definition) is 3. The molecule has 0 N–H and O–H groups in total. The van der Waals surface area contributed by atoms with Crippen LogP contribution in [-0.2, 0) is 6.67 Å². The Morgan fingerprint density at radius 2 is 1.58 bits per heavy atom. The van der Waals surface area contributed by atoms with E-state index in [0.717, 1.165) is 17.7 Å². The quantitative estimate of drug-likeness (QED) is 0.504. The molecule has 0 aliphatic heterocycles. The van der Waals surface area contributed by atoms with Crippen LogP contribution < -0.4 is 0 Å². The molecule has 0 unspecified atom stereocenters. The third-order valence-corrected chi connectivity index (χ3v) is 4.74. The number of aryl methyl sites for hydroxylation is 1. The van der Waals surface area contributed by atoms with Crippen LogP contribution in [0.2, 0.25) is 0 Å². The molecule has 1 heterocycles. The highest BCUT2D eigenvalue weighted by atomic mass is 15.5. The second-order valence-corrected chi connectivity index (χ2v) is 6.91. The van der Waals surface area contributed by atoms with Gasteiger partial charge < -0.3 is 0 Å². The minimum atomic E-state index is 0.859. The van der Waals surface area contributed by atoms with E-state index in [-0.39, 0.29) is 0 Å². The van der Waals surface area contributed by atoms with Crippen LogP contribution in [0.1, 0.15) is 70.8 Å². The summed E-state index contributed by atoms with van der Waals surface area (Å²) < 4.78 is 2.07. The maximum atomic E-state index is 4.41. The molecule has 0 saturated carbocycles. The van der Waals surface area contributed by atoms with Gasteiger partial charge >= 0.3 is 0 Å². The predicted molar refractivity (Wildman–Crippen MR) is 102 cm³/mol. The summed E-state index contributed by atoms with van der Waals surface area (Å²) in [6.45, 7) is 9.84. The van der Waals surface area contributed by atoms with Crippen LogP contribution in [0.3, 0.4) is 0 Å². The van der Waals surface area contributed by atoms with Crippen molar-refractivity contribution in [3.63, 3.8) is 0 Å². The average molecular weight is 331 g/mol. The lowest BCUT2D eigenvalue weighted by Crippen LogP contribution is -2.29. The fourth-order valence-corrected chi connectivity index (χ4v) is 3.20. The largest absolute Gasteiger partial charge is 0.284 e. The standard InChI is InChI=1S/C20H34N4/c1-4-6-8-10-15-23(16-11-9-7-5-2)17-24-19-14-12-13-18(3)20(19)21-22-24/h12-14H,4-11,15-17H2,1-3H3. The summed E-state index contributed by atoms with van der Waals surface area (Å²) in [5.74, 6) is 0. The van der Waals surface area contributed by atoms with Crippen molar-refractivity contribution in [2.75, 3.05) is 13.1 Å². The van der Waals surface area contributed by atoms with E-state index in [0.29, 0.717) is 0 Å². The van der Waals surface area contributed by atoms with Gasteiger partial charge in [-0.1, -0.05) is 69.7 Å². The smallest absolute Gasteiger partial charge is 0.116 e. The van der Waals surface area contributed by atoms with Gasteiger partial charge in [-0.15, -0.1) is 5.10 Å². The van der Waals surface area contributed by atoms with Crippen molar-refractivity contribution in [2.24, 2.45) is 0 Å². The fraction of sp³-hybridized carbons (Fsp3) is 0.700. The van der Waals surface area contributed by atoms with Gasteiger partial charge in [-0.2, -0.15) is 0 Å². The molecule has 0 radical (unpaired) electrons. The van der Waals surface area contributed by atoms with Crippen LogP contribution in [0.15, 0.2) is 18.2 Å². The Labute approximate surface area is 147 Å². The van der Waals surface area contributed by atoms with E-state index in [1.807, 2.05) is 0 Å². The monoisotopic (exact) mass is 330 g/mol. The van der Waals surface area contributed by atoms with Gasteiger partial charge in [-0.25, -0.2) is 4.68 Å². The highest BCUT2D eigenvalue weighted by molar-refractivity contribution is 5.77. The van der Waals surface area contributed by atoms with Gasteiger partial charge in [0.05, 0.1) is 12.2 Å². The van der Waals surface area contributed by atoms with Crippen LogP contribution in [-0.4, -0.2) is 33.0 Å². The predicted octanol–water partition coefficient (Wildman–Crippen LogP) is 5.16. The van der Waals surface area contributed by atoms with Crippen LogP contribution in [0.4, 0.5) is 0 Å². The van der Waals surface area contributed by atoms with E-state index in [9.17, 15) is 0 Å². The van der Waals surface area contributed by atoms with E-state index in [2.05, 4.69) is 58.9 Å². The number of hydrogen-bond donors (Lipinski definition) is 0. The first-order chi connectivity index (χ1) is 11.8. The number of nitrogens with zero attached hydrogens (tertiary/aromatic N) is 4. The van der Waals surface area contributed by atoms with Crippen molar-refractivity contribution < 1.29 is 0 Å². The summed E-state index contributed by atoms with van der Waals surface area (Å²) in [7, 11) is 0. The second-order valence-electron chi connectivity index (χ2n) is 6.91. The summed E-state index contributed by atoms with van der Waals surface area (Å²) in [6, 6.07) is 6.34. The van der Waals surface area contributed by atoms with Crippen LogP contribution in [0.25, 0.3) is 11.0 Å². The number of benzene rings is 1. The van der Waals surface area contributed by atoms with Gasteiger partial charge in [0.15, 0.2) is 0 Å². The van der Waals surface area contributed by atoms with Gasteiger partial charge in [-0.3, -0.25) is 4.90 Å². The summed E-state index contributed by atoms with van der Waals surface area (Å²) in [5, 5.41) is 8.79. The van der Waals surface area contributed by atoms with Crippen molar-refractivity contribution in [1.29, 1.82) is 0 Å². The van der Waals surface area contributed by atoms with Gasteiger partial charge in [0.1, 0.15) is 5.52 Å². The molecule has 0 saturated heterocycles. The fourth-order valence-electron chi connectivity index (χ4n) is 3.20. The summed E-state index contributed by atoms with van der Waals surface area (Å²) in [5.41, 5.74) is 3.40. The van der Waals surface area contributed by atoms with E-state index in [4.69, 9.17) is 0 Å². The third-order valence-electron chi connectivity index (χ3n) is 4.74. The Morgan fingerprint density at radius 1 is 0.917 bits per heavy atom. The van der Waals surface area contributed by atoms with E-state index in [1.165, 1.54) is 70.0 Å². The Bertz CT molecular complexity index is 578. The molecule has 1 aromatic carbocycles. The molecule has 4 heteroatoms. The molecule has 4 nitrogen and oxygen atoms in total. The number of aromatic nitrogens is 3. The van der Waals surface area contributed by atoms with Crippen molar-refractivity contribution in [3.8, 4) is 0 Å². The Kier molecular flexibility index (Phi) is 8.23. The minimum Gasteiger partial charge on any atom is -0.284 e. The molecular formula is C20H34N4. The van der Waals surface area contributed by atoms with Crippen LogP contribution >= 0.6 is 0 Å². The molecule has 0 atom stereocenters. The van der Waals surface area contributed by atoms with Crippen molar-refractivity contribution in [1.82, 2.24) is 19.9 Å². The lowest BCUT2D eigenvalue weighted by Gasteiger charge is -2.22. The Hall–Kier alpha value is -1.42. The molecule has 2 rings (SSSR count). The van der Waals surface area contributed by atoms with Gasteiger partial charge in [0.25, 0.3) is 0 Å². The molecule has 0 amide bonds. The van der Waals surface area contributed by atoms with E-state index < -0.39 is 0 Å². The Balaban J connectivity index is 1.97. The Morgan fingerprint density at radius 3 is 2.21 bits per heavy atom. The molecule has 0 aliphatic rings. The van der Waals surface area contributed by atoms with E-state index in [1.54, 1.807) is 0 Å². The van der Waals surface area contributed by atoms with Crippen molar-refractivity contribution in [2.45, 2.75) is 78.8 Å². The number of unbranched alkanes of at least 4 members (excludes halogenated alkanes) is 6. The number of fused-ring (bicyclic) bond motifs is 1. The molecule has 0 fully saturated rings. The van der Waals surface area contributed by atoms with Crippen LogP contribution in [0, 0.1) is 6.92 Å². The molecule has 2 aromatic rings. The molecule has 0 spiro atoms. The molecule has 1 aromatic heterocycles. The van der Waals surface area contributed by atoms with Gasteiger partial charge in [0.2, 0.25) is 0 Å². The highest BCUT2D eigenvalue weighted by Crippen LogP contribution is 2.16. The van der Waals surface area contributed by atoms with E-state index >= 15 is 0 Å². The second kappa shape index (κ2) is 10.4. The third kappa shape index (κ3) is 5.59. The minimum absolute atomic E-state index is 0.859. The molecule has 0 aliphatic carbocycles. The molecule has 0 bridgehead atoms. The number of rotatable bonds is 12. The molecule has 134 valence electrons. The average Bonchev–Trinajstić information content (AvgIpc) is 2.99. The maximum absolute atomic E-state index is 4.41. The molecular weight excluding hydrogens is 296 g/mol. The zero-order valence-corrected chi connectivity index (χ0v) is 15.8. The van der Waals surface area contributed by atoms with Crippen molar-refractivity contribution in [3.05, 3.63) is 23.8 Å². The lowest BCUT2D eigenvalue weighted by atomic mass is 10.2. The first-order valence-corrected chi connectivity index (χ1v) is 9.77. The lowest BCUT2D eigenvalue weighted by molar-refractivity contribution is 0.200. The SMILES string of the molecule is CCCCCCN(CCCCCC)Cn1nnc2c(C)cccc21. The zero-order valence-electron chi connectivity index (χ0n) is 15.8. The van der Waals surface area contributed by atoms with Gasteiger partial charge in [0, 0.05) is 0 Å². The first-order valence-electron chi connectivity index (χ1n) is 9.77. The normalized spacial score (nSPS) is 11.7. The maximum Gasteiger partial charge on any atom is 0.116 e. The summed E-state index contributed by atoms with van der Waals surface area (Å²) in [4.78, 5) is 2.56. The van der Waals surface area contributed by atoms with Gasteiger partial charge in [-0.05, 0) is 44.5 Å². The topological polar surface area (TPSA) is 34.0 Å². The molecule has 24 heavy (non-hydrogen) atoms. The zero-order chi connectivity index (χ0) is 17.2. The van der Waals surface area contributed by atoms with Crippen molar-refractivity contribution >= 4 is 11.0 Å². The summed E-state index contributed by atoms with van der Waals surface area (Å²) in [6.07, 6.45) is 10.5. The first kappa shape index (κ1) is 18.9. The highest BCUT2D eigenvalue weighted by Gasteiger charge is 2.10. The summed E-state index contributed by atoms with van der Waals surface area (Å²) >= 11 is 0.